The molecule has 1 aliphatic rings. The van der Waals surface area contributed by atoms with Gasteiger partial charge >= 0.3 is 0 Å². The summed E-state index contributed by atoms with van der Waals surface area (Å²) in [6, 6.07) is 3.42. The molecule has 3 rings (SSSR count). The molecule has 114 valence electrons. The van der Waals surface area contributed by atoms with Gasteiger partial charge in [-0.25, -0.2) is 9.37 Å². The van der Waals surface area contributed by atoms with Crippen LogP contribution in [0.25, 0.3) is 11.0 Å². The monoisotopic (exact) mass is 328 g/mol. The maximum absolute atomic E-state index is 13.9. The standard InChI is InChI=1S/C16H19Cl2FN2/c1-9-5-3-4-6-14(9)21-15-8-12(19)11(18)7-13(15)20-16(21)10(2)17/h7-10,14H,3-6H2,1-2H3. The van der Waals surface area contributed by atoms with Crippen LogP contribution in [0, 0.1) is 11.7 Å². The molecule has 0 radical (unpaired) electrons. The number of imidazole rings is 1. The maximum Gasteiger partial charge on any atom is 0.144 e. The minimum Gasteiger partial charge on any atom is -0.323 e. The number of alkyl halides is 1. The summed E-state index contributed by atoms with van der Waals surface area (Å²) in [6.45, 7) is 4.16. The minimum atomic E-state index is -0.400. The van der Waals surface area contributed by atoms with Crippen LogP contribution in [0.3, 0.4) is 0 Å². The fraction of sp³-hybridized carbons (Fsp3) is 0.562. The van der Waals surface area contributed by atoms with E-state index in [4.69, 9.17) is 23.2 Å². The van der Waals surface area contributed by atoms with E-state index in [2.05, 4.69) is 16.5 Å². The highest BCUT2D eigenvalue weighted by Crippen LogP contribution is 2.39. The van der Waals surface area contributed by atoms with E-state index in [1.807, 2.05) is 6.92 Å². The van der Waals surface area contributed by atoms with E-state index in [1.54, 1.807) is 6.07 Å². The molecule has 1 fully saturated rings. The molecular weight excluding hydrogens is 310 g/mol. The summed E-state index contributed by atoms with van der Waals surface area (Å²) in [5.41, 5.74) is 1.53. The lowest BCUT2D eigenvalue weighted by molar-refractivity contribution is 0.257. The molecule has 0 saturated heterocycles. The Bertz CT molecular complexity index is 666. The number of nitrogens with zero attached hydrogens (tertiary/aromatic N) is 2. The molecule has 5 heteroatoms. The molecule has 0 amide bonds. The predicted octanol–water partition coefficient (Wildman–Crippen LogP) is 5.88. The first-order chi connectivity index (χ1) is 9.99. The van der Waals surface area contributed by atoms with Crippen molar-refractivity contribution >= 4 is 34.2 Å². The third-order valence-corrected chi connectivity index (χ3v) is 5.00. The van der Waals surface area contributed by atoms with Gasteiger partial charge in [-0.15, -0.1) is 11.6 Å². The molecule has 0 bridgehead atoms. The number of rotatable bonds is 2. The van der Waals surface area contributed by atoms with Gasteiger partial charge in [0.25, 0.3) is 0 Å². The number of benzene rings is 1. The van der Waals surface area contributed by atoms with E-state index in [9.17, 15) is 4.39 Å². The number of halogens is 3. The van der Waals surface area contributed by atoms with E-state index in [0.29, 0.717) is 12.0 Å². The zero-order valence-electron chi connectivity index (χ0n) is 12.2. The van der Waals surface area contributed by atoms with Crippen molar-refractivity contribution in [3.8, 4) is 0 Å². The molecule has 1 aromatic heterocycles. The summed E-state index contributed by atoms with van der Waals surface area (Å²) < 4.78 is 16.0. The van der Waals surface area contributed by atoms with Crippen LogP contribution in [0.15, 0.2) is 12.1 Å². The second kappa shape index (κ2) is 5.77. The van der Waals surface area contributed by atoms with Crippen molar-refractivity contribution in [3.63, 3.8) is 0 Å². The lowest BCUT2D eigenvalue weighted by Gasteiger charge is -2.32. The minimum absolute atomic E-state index is 0.109. The molecule has 2 nitrogen and oxygen atoms in total. The summed E-state index contributed by atoms with van der Waals surface area (Å²) in [5, 5.41) is -0.106. The van der Waals surface area contributed by atoms with Gasteiger partial charge < -0.3 is 4.57 Å². The van der Waals surface area contributed by atoms with Crippen LogP contribution in [0.1, 0.15) is 56.8 Å². The normalized spacial score (nSPS) is 24.4. The van der Waals surface area contributed by atoms with Crippen LogP contribution in [0.5, 0.6) is 0 Å². The first kappa shape index (κ1) is 15.1. The van der Waals surface area contributed by atoms with Gasteiger partial charge in [0, 0.05) is 12.1 Å². The number of fused-ring (bicyclic) bond motifs is 1. The van der Waals surface area contributed by atoms with Crippen molar-refractivity contribution in [2.75, 3.05) is 0 Å². The Kier molecular flexibility index (Phi) is 4.15. The highest BCUT2D eigenvalue weighted by molar-refractivity contribution is 6.31. The number of aromatic nitrogens is 2. The zero-order valence-corrected chi connectivity index (χ0v) is 13.8. The van der Waals surface area contributed by atoms with Crippen LogP contribution in [-0.4, -0.2) is 9.55 Å². The van der Waals surface area contributed by atoms with Crippen molar-refractivity contribution < 1.29 is 4.39 Å². The van der Waals surface area contributed by atoms with E-state index in [-0.39, 0.29) is 10.4 Å². The second-order valence-electron chi connectivity index (χ2n) is 6.04. The first-order valence-electron chi connectivity index (χ1n) is 7.50. The molecule has 0 spiro atoms. The molecule has 1 aliphatic carbocycles. The van der Waals surface area contributed by atoms with Gasteiger partial charge in [-0.05, 0) is 31.7 Å². The van der Waals surface area contributed by atoms with Gasteiger partial charge in [-0.2, -0.15) is 0 Å². The molecule has 2 aromatic rings. The third-order valence-electron chi connectivity index (χ3n) is 4.51. The predicted molar refractivity (Wildman–Crippen MR) is 85.6 cm³/mol. The van der Waals surface area contributed by atoms with Crippen molar-refractivity contribution in [1.29, 1.82) is 0 Å². The SMILES string of the molecule is CC(Cl)c1nc2cc(Cl)c(F)cc2n1C1CCCCC1C. The lowest BCUT2D eigenvalue weighted by atomic mass is 9.85. The largest absolute Gasteiger partial charge is 0.323 e. The van der Waals surface area contributed by atoms with Gasteiger partial charge in [0.2, 0.25) is 0 Å². The zero-order chi connectivity index (χ0) is 15.1. The summed E-state index contributed by atoms with van der Waals surface area (Å²) in [4.78, 5) is 4.60. The highest BCUT2D eigenvalue weighted by atomic mass is 35.5. The van der Waals surface area contributed by atoms with Crippen LogP contribution >= 0.6 is 23.2 Å². The van der Waals surface area contributed by atoms with E-state index in [0.717, 1.165) is 23.3 Å². The van der Waals surface area contributed by atoms with Gasteiger partial charge in [0.15, 0.2) is 0 Å². The molecule has 21 heavy (non-hydrogen) atoms. The fourth-order valence-electron chi connectivity index (χ4n) is 3.42. The van der Waals surface area contributed by atoms with Gasteiger partial charge in [0.1, 0.15) is 11.6 Å². The van der Waals surface area contributed by atoms with Gasteiger partial charge in [-0.1, -0.05) is 31.4 Å². The van der Waals surface area contributed by atoms with Crippen molar-refractivity contribution in [3.05, 3.63) is 28.8 Å². The highest BCUT2D eigenvalue weighted by Gasteiger charge is 2.28. The average Bonchev–Trinajstić information content (AvgIpc) is 2.78. The molecule has 0 aliphatic heterocycles. The van der Waals surface area contributed by atoms with Gasteiger partial charge in [-0.3, -0.25) is 0 Å². The Balaban J connectivity index is 2.22. The van der Waals surface area contributed by atoms with Crippen molar-refractivity contribution in [1.82, 2.24) is 9.55 Å². The Morgan fingerprint density at radius 1 is 1.33 bits per heavy atom. The van der Waals surface area contributed by atoms with Crippen LogP contribution in [0.2, 0.25) is 5.02 Å². The molecule has 3 atom stereocenters. The smallest absolute Gasteiger partial charge is 0.144 e. The summed E-state index contributed by atoms with van der Waals surface area (Å²) in [6.07, 6.45) is 4.74. The Morgan fingerprint density at radius 3 is 2.71 bits per heavy atom. The average molecular weight is 329 g/mol. The summed E-state index contributed by atoms with van der Waals surface area (Å²) >= 11 is 12.2. The summed E-state index contributed by atoms with van der Waals surface area (Å²) in [5.74, 6) is 0.957. The van der Waals surface area contributed by atoms with E-state index >= 15 is 0 Å². The molecule has 1 heterocycles. The Labute approximate surface area is 134 Å². The van der Waals surface area contributed by atoms with Crippen molar-refractivity contribution in [2.24, 2.45) is 5.92 Å². The Hall–Kier alpha value is -0.800. The van der Waals surface area contributed by atoms with Crippen LogP contribution in [0.4, 0.5) is 4.39 Å². The molecule has 0 N–H and O–H groups in total. The van der Waals surface area contributed by atoms with Crippen LogP contribution in [-0.2, 0) is 0 Å². The molecule has 1 aromatic carbocycles. The molecule has 3 unspecified atom stereocenters. The second-order valence-corrected chi connectivity index (χ2v) is 7.10. The molecular formula is C16H19Cl2FN2. The Morgan fingerprint density at radius 2 is 2.05 bits per heavy atom. The number of hydrogen-bond donors (Lipinski definition) is 0. The molecule has 1 saturated carbocycles. The maximum atomic E-state index is 13.9. The van der Waals surface area contributed by atoms with E-state index < -0.39 is 5.82 Å². The topological polar surface area (TPSA) is 17.8 Å². The number of hydrogen-bond acceptors (Lipinski definition) is 1. The van der Waals surface area contributed by atoms with Crippen molar-refractivity contribution in [2.45, 2.75) is 50.9 Å². The van der Waals surface area contributed by atoms with E-state index in [1.165, 1.54) is 25.3 Å². The summed E-state index contributed by atoms with van der Waals surface area (Å²) in [7, 11) is 0. The van der Waals surface area contributed by atoms with Gasteiger partial charge in [0.05, 0.1) is 21.4 Å². The van der Waals surface area contributed by atoms with Crippen LogP contribution < -0.4 is 0 Å². The first-order valence-corrected chi connectivity index (χ1v) is 8.31. The quantitative estimate of drug-likeness (QED) is 0.629. The fourth-order valence-corrected chi connectivity index (χ4v) is 3.73. The lowest BCUT2D eigenvalue weighted by Crippen LogP contribution is -2.23. The third kappa shape index (κ3) is 2.66.